The summed E-state index contributed by atoms with van der Waals surface area (Å²) in [6.45, 7) is -0.329. The van der Waals surface area contributed by atoms with Crippen LogP contribution < -0.4 is 5.32 Å². The predicted molar refractivity (Wildman–Crippen MR) is 137 cm³/mol. The van der Waals surface area contributed by atoms with Crippen LogP contribution in [0.2, 0.25) is 0 Å². The summed E-state index contributed by atoms with van der Waals surface area (Å²) >= 11 is 0. The van der Waals surface area contributed by atoms with Crippen molar-refractivity contribution in [3.8, 4) is 6.07 Å². The number of benzene rings is 2. The molecule has 226 valence electrons. The van der Waals surface area contributed by atoms with E-state index >= 15 is 0 Å². The van der Waals surface area contributed by atoms with Crippen LogP contribution in [-0.4, -0.2) is 54.0 Å². The van der Waals surface area contributed by atoms with Gasteiger partial charge in [-0.05, 0) is 72.9 Å². The van der Waals surface area contributed by atoms with E-state index in [9.17, 15) is 45.2 Å². The normalized spacial score (nSPS) is 25.4. The quantitative estimate of drug-likeness (QED) is 0.355. The molecule has 1 N–H and O–H groups in total. The van der Waals surface area contributed by atoms with Crippen LogP contribution in [0.25, 0.3) is 0 Å². The lowest BCUT2D eigenvalue weighted by Crippen LogP contribution is -2.48. The van der Waals surface area contributed by atoms with E-state index in [-0.39, 0.29) is 43.5 Å². The fraction of sp³-hybridized carbons (Fsp3) is 0.517. The van der Waals surface area contributed by atoms with Crippen LogP contribution in [0.5, 0.6) is 0 Å². The van der Waals surface area contributed by atoms with Crippen LogP contribution in [0.4, 0.5) is 45.6 Å². The van der Waals surface area contributed by atoms with Crippen molar-refractivity contribution in [2.45, 2.75) is 61.8 Å². The Hall–Kier alpha value is -3.40. The molecular weight excluding hydrogens is 572 g/mol. The van der Waals surface area contributed by atoms with E-state index in [0.29, 0.717) is 37.0 Å². The number of hydrogen-bond donors (Lipinski definition) is 1. The third kappa shape index (κ3) is 6.33. The van der Waals surface area contributed by atoms with Crippen molar-refractivity contribution in [3.05, 3.63) is 64.7 Å². The van der Waals surface area contributed by atoms with Crippen molar-refractivity contribution in [1.29, 1.82) is 5.26 Å². The number of carbonyl (C=O) groups excluding carboxylic acids is 1. The average Bonchev–Trinajstić information content (AvgIpc) is 3.56. The van der Waals surface area contributed by atoms with Gasteiger partial charge in [0.25, 0.3) is 5.92 Å². The van der Waals surface area contributed by atoms with Crippen molar-refractivity contribution in [3.63, 3.8) is 0 Å². The van der Waals surface area contributed by atoms with Gasteiger partial charge in [0.05, 0.1) is 29.3 Å². The molecule has 2 aromatic rings. The maximum Gasteiger partial charge on any atom is 0.416 e. The zero-order chi connectivity index (χ0) is 30.5. The van der Waals surface area contributed by atoms with Gasteiger partial charge in [-0.2, -0.15) is 31.6 Å². The van der Waals surface area contributed by atoms with E-state index in [2.05, 4.69) is 11.4 Å². The second kappa shape index (κ2) is 10.7. The highest BCUT2D eigenvalue weighted by atomic mass is 19.4. The lowest BCUT2D eigenvalue weighted by molar-refractivity contribution is -0.143. The molecule has 2 aliphatic carbocycles. The van der Waals surface area contributed by atoms with Crippen molar-refractivity contribution in [1.82, 2.24) is 9.80 Å². The van der Waals surface area contributed by atoms with Gasteiger partial charge in [-0.15, -0.1) is 0 Å². The Kier molecular flexibility index (Phi) is 7.66. The van der Waals surface area contributed by atoms with E-state index in [1.54, 1.807) is 12.1 Å². The number of likely N-dealkylation sites (tertiary alicyclic amines) is 1. The standard InChI is InChI=1S/C29H28F8N4O/c30-27(31)6-7-40(17-27)8-9-41(24-4-5-26(15-22(26)14-24)19-3-1-2-18(10-19)16-38)25(42)39-23-12-20(28(32,33)34)11-21(13-23)29(35,36)37/h1-3,10-13,22,24H,4-9,14-15,17H2,(H,39,42)/t22?,24-,26-/m1/s1. The highest BCUT2D eigenvalue weighted by molar-refractivity contribution is 5.90. The smallest absolute Gasteiger partial charge is 0.320 e. The maximum atomic E-state index is 13.8. The summed E-state index contributed by atoms with van der Waals surface area (Å²) in [6.07, 6.45) is -8.01. The third-order valence-corrected chi connectivity index (χ3v) is 8.73. The first-order chi connectivity index (χ1) is 19.6. The van der Waals surface area contributed by atoms with E-state index in [1.807, 2.05) is 12.1 Å². The van der Waals surface area contributed by atoms with Gasteiger partial charge in [-0.1, -0.05) is 12.1 Å². The Balaban J connectivity index is 1.36. The number of hydrogen-bond acceptors (Lipinski definition) is 3. The molecule has 2 amide bonds. The first-order valence-electron chi connectivity index (χ1n) is 13.6. The Morgan fingerprint density at radius 2 is 1.74 bits per heavy atom. The lowest BCUT2D eigenvalue weighted by Gasteiger charge is -2.37. The molecule has 0 aromatic heterocycles. The predicted octanol–water partition coefficient (Wildman–Crippen LogP) is 7.28. The molecule has 1 saturated heterocycles. The number of carbonyl (C=O) groups is 1. The van der Waals surface area contributed by atoms with E-state index in [0.717, 1.165) is 12.0 Å². The maximum absolute atomic E-state index is 13.8. The molecule has 1 heterocycles. The molecule has 5 nitrogen and oxygen atoms in total. The minimum Gasteiger partial charge on any atom is -0.320 e. The highest BCUT2D eigenvalue weighted by Gasteiger charge is 2.58. The van der Waals surface area contributed by atoms with Crippen molar-refractivity contribution in [2.75, 3.05) is 31.5 Å². The Morgan fingerprint density at radius 3 is 2.31 bits per heavy atom. The first-order valence-corrected chi connectivity index (χ1v) is 13.6. The third-order valence-electron chi connectivity index (χ3n) is 8.73. The first kappa shape index (κ1) is 30.1. The van der Waals surface area contributed by atoms with Crippen LogP contribution in [0.1, 0.15) is 54.4 Å². The van der Waals surface area contributed by atoms with Crippen LogP contribution >= 0.6 is 0 Å². The van der Waals surface area contributed by atoms with Gasteiger partial charge < -0.3 is 10.2 Å². The van der Waals surface area contributed by atoms with Gasteiger partial charge in [0.15, 0.2) is 0 Å². The van der Waals surface area contributed by atoms with Crippen molar-refractivity contribution >= 4 is 11.7 Å². The number of nitrogens with zero attached hydrogens (tertiary/aromatic N) is 3. The number of rotatable bonds is 6. The van der Waals surface area contributed by atoms with Gasteiger partial charge in [0, 0.05) is 37.8 Å². The van der Waals surface area contributed by atoms with E-state index < -0.39 is 53.7 Å². The minimum absolute atomic E-state index is 0.0178. The molecule has 2 aromatic carbocycles. The van der Waals surface area contributed by atoms with Gasteiger partial charge in [-0.25, -0.2) is 13.6 Å². The summed E-state index contributed by atoms with van der Waals surface area (Å²) in [5.74, 6) is -2.71. The molecule has 1 aliphatic heterocycles. The number of anilines is 1. The summed E-state index contributed by atoms with van der Waals surface area (Å²) in [5, 5.41) is 11.5. The second-order valence-electron chi connectivity index (χ2n) is 11.5. The molecule has 0 spiro atoms. The molecule has 0 bridgehead atoms. The van der Waals surface area contributed by atoms with Gasteiger partial charge in [0.1, 0.15) is 0 Å². The molecule has 3 fully saturated rings. The number of halogens is 8. The number of nitrogens with one attached hydrogen (secondary N) is 1. The number of fused-ring (bicyclic) bond motifs is 1. The molecule has 1 unspecified atom stereocenters. The van der Waals surface area contributed by atoms with E-state index in [1.165, 1.54) is 9.80 Å². The summed E-state index contributed by atoms with van der Waals surface area (Å²) in [7, 11) is 0. The average molecular weight is 601 g/mol. The van der Waals surface area contributed by atoms with Crippen LogP contribution in [0.15, 0.2) is 42.5 Å². The molecule has 13 heteroatoms. The summed E-state index contributed by atoms with van der Waals surface area (Å²) in [6, 6.07) is 9.00. The zero-order valence-electron chi connectivity index (χ0n) is 22.3. The van der Waals surface area contributed by atoms with Crippen LogP contribution in [-0.2, 0) is 17.8 Å². The number of amides is 2. The lowest BCUT2D eigenvalue weighted by atomic mass is 9.80. The van der Waals surface area contributed by atoms with E-state index in [4.69, 9.17) is 0 Å². The van der Waals surface area contributed by atoms with Crippen molar-refractivity contribution in [2.24, 2.45) is 5.92 Å². The Morgan fingerprint density at radius 1 is 1.05 bits per heavy atom. The fourth-order valence-corrected chi connectivity index (χ4v) is 6.47. The van der Waals surface area contributed by atoms with Gasteiger partial charge in [0.2, 0.25) is 0 Å². The van der Waals surface area contributed by atoms with Gasteiger partial charge in [-0.3, -0.25) is 4.90 Å². The molecule has 0 radical (unpaired) electrons. The van der Waals surface area contributed by atoms with Crippen LogP contribution in [0, 0.1) is 17.2 Å². The molecule has 3 aliphatic rings. The summed E-state index contributed by atoms with van der Waals surface area (Å²) < 4.78 is 108. The molecule has 42 heavy (non-hydrogen) atoms. The molecule has 3 atom stereocenters. The van der Waals surface area contributed by atoms with Gasteiger partial charge >= 0.3 is 18.4 Å². The second-order valence-corrected chi connectivity index (χ2v) is 11.5. The summed E-state index contributed by atoms with van der Waals surface area (Å²) in [5.41, 5.74) is -2.39. The molecule has 5 rings (SSSR count). The van der Waals surface area contributed by atoms with Crippen molar-refractivity contribution < 1.29 is 39.9 Å². The number of alkyl halides is 8. The number of urea groups is 1. The molecular formula is C29H28F8N4O. The number of nitriles is 1. The topological polar surface area (TPSA) is 59.4 Å². The fourth-order valence-electron chi connectivity index (χ4n) is 6.47. The largest absolute Gasteiger partial charge is 0.416 e. The monoisotopic (exact) mass is 600 g/mol. The zero-order valence-corrected chi connectivity index (χ0v) is 22.3. The minimum atomic E-state index is -5.08. The summed E-state index contributed by atoms with van der Waals surface area (Å²) in [4.78, 5) is 16.3. The highest BCUT2D eigenvalue weighted by Crippen LogP contribution is 2.63. The Labute approximate surface area is 237 Å². The Bertz CT molecular complexity index is 1350. The SMILES string of the molecule is N#Cc1cccc([C@]23CC[C@@H](N(CCN4CCC(F)(F)C4)C(=O)Nc4cc(C(F)(F)F)cc(C(F)(F)F)c4)CC2C3)c1. The van der Waals surface area contributed by atoms with Crippen LogP contribution in [0.3, 0.4) is 0 Å². The molecule has 2 saturated carbocycles.